The number of carbonyl (C=O) groups excluding carboxylic acids is 1. The molecule has 3 rings (SSSR count). The Balaban J connectivity index is 1.63. The number of nitrogens with one attached hydrogen (secondary N) is 1. The standard InChI is InChI=1S/C20H15FN2O4/c21-15-5-3-6-18(13-15)27-17-10-8-16(9-11-17)22-20(24)12-14-4-1-2-7-19(14)23(25)26/h1-11,13H,12H2,(H,22,24). The van der Waals surface area contributed by atoms with Crippen LogP contribution in [0.25, 0.3) is 0 Å². The van der Waals surface area contributed by atoms with Crippen LogP contribution in [0.15, 0.2) is 72.8 Å². The Kier molecular flexibility index (Phi) is 5.41. The highest BCUT2D eigenvalue weighted by Crippen LogP contribution is 2.24. The van der Waals surface area contributed by atoms with Crippen LogP contribution in [0.5, 0.6) is 11.5 Å². The highest BCUT2D eigenvalue weighted by molar-refractivity contribution is 5.92. The third-order valence-corrected chi connectivity index (χ3v) is 3.71. The van der Waals surface area contributed by atoms with Gasteiger partial charge >= 0.3 is 0 Å². The zero-order chi connectivity index (χ0) is 19.2. The largest absolute Gasteiger partial charge is 0.457 e. The molecule has 0 bridgehead atoms. The number of nitrogens with zero attached hydrogens (tertiary/aromatic N) is 1. The van der Waals surface area contributed by atoms with Gasteiger partial charge in [-0.15, -0.1) is 0 Å². The molecule has 0 saturated heterocycles. The zero-order valence-electron chi connectivity index (χ0n) is 14.1. The Morgan fingerprint density at radius 1 is 1.00 bits per heavy atom. The molecule has 0 unspecified atom stereocenters. The molecule has 0 heterocycles. The van der Waals surface area contributed by atoms with Crippen molar-refractivity contribution in [3.05, 3.63) is 94.3 Å². The average molecular weight is 366 g/mol. The van der Waals surface area contributed by atoms with Gasteiger partial charge in [0.25, 0.3) is 5.69 Å². The lowest BCUT2D eigenvalue weighted by Gasteiger charge is -2.08. The lowest BCUT2D eigenvalue weighted by molar-refractivity contribution is -0.385. The Morgan fingerprint density at radius 3 is 2.44 bits per heavy atom. The van der Waals surface area contributed by atoms with E-state index in [2.05, 4.69) is 5.32 Å². The van der Waals surface area contributed by atoms with Crippen LogP contribution < -0.4 is 10.1 Å². The molecule has 0 aliphatic heterocycles. The number of hydrogen-bond donors (Lipinski definition) is 1. The Hall–Kier alpha value is -3.74. The molecule has 1 N–H and O–H groups in total. The number of anilines is 1. The third kappa shape index (κ3) is 4.88. The van der Waals surface area contributed by atoms with Gasteiger partial charge < -0.3 is 10.1 Å². The first kappa shape index (κ1) is 18.1. The first-order valence-corrected chi connectivity index (χ1v) is 8.07. The van der Waals surface area contributed by atoms with Crippen molar-refractivity contribution >= 4 is 17.3 Å². The van der Waals surface area contributed by atoms with E-state index < -0.39 is 10.7 Å². The van der Waals surface area contributed by atoms with Gasteiger partial charge in [0.2, 0.25) is 5.91 Å². The summed E-state index contributed by atoms with van der Waals surface area (Å²) in [5.74, 6) is 0.0787. The lowest BCUT2D eigenvalue weighted by Crippen LogP contribution is -2.15. The molecular formula is C20H15FN2O4. The summed E-state index contributed by atoms with van der Waals surface area (Å²) in [6.45, 7) is 0. The van der Waals surface area contributed by atoms with Gasteiger partial charge in [0.15, 0.2) is 0 Å². The molecule has 0 aromatic heterocycles. The van der Waals surface area contributed by atoms with Crippen molar-refractivity contribution in [1.82, 2.24) is 0 Å². The number of para-hydroxylation sites is 1. The Morgan fingerprint density at radius 2 is 1.74 bits per heavy atom. The topological polar surface area (TPSA) is 81.5 Å². The van der Waals surface area contributed by atoms with Crippen LogP contribution in [0, 0.1) is 15.9 Å². The molecule has 3 aromatic carbocycles. The molecule has 27 heavy (non-hydrogen) atoms. The summed E-state index contributed by atoms with van der Waals surface area (Å²) in [6, 6.07) is 18.4. The number of halogens is 1. The summed E-state index contributed by atoms with van der Waals surface area (Å²) in [5.41, 5.74) is 0.766. The van der Waals surface area contributed by atoms with Crippen LogP contribution in [-0.4, -0.2) is 10.8 Å². The second kappa shape index (κ2) is 8.09. The maximum absolute atomic E-state index is 13.2. The Bertz CT molecular complexity index is 974. The summed E-state index contributed by atoms with van der Waals surface area (Å²) in [7, 11) is 0. The maximum atomic E-state index is 13.2. The Labute approximate surface area is 154 Å². The van der Waals surface area contributed by atoms with E-state index in [4.69, 9.17) is 4.74 Å². The van der Waals surface area contributed by atoms with Crippen molar-refractivity contribution < 1.29 is 18.8 Å². The van der Waals surface area contributed by atoms with Crippen molar-refractivity contribution in [1.29, 1.82) is 0 Å². The molecule has 0 saturated carbocycles. The third-order valence-electron chi connectivity index (χ3n) is 3.71. The average Bonchev–Trinajstić information content (AvgIpc) is 2.63. The molecule has 1 amide bonds. The minimum Gasteiger partial charge on any atom is -0.457 e. The fourth-order valence-electron chi connectivity index (χ4n) is 2.49. The fraction of sp³-hybridized carbons (Fsp3) is 0.0500. The van der Waals surface area contributed by atoms with Crippen molar-refractivity contribution in [3.8, 4) is 11.5 Å². The number of amides is 1. The highest BCUT2D eigenvalue weighted by Gasteiger charge is 2.15. The second-order valence-electron chi connectivity index (χ2n) is 5.69. The van der Waals surface area contributed by atoms with E-state index in [0.717, 1.165) is 0 Å². The predicted molar refractivity (Wildman–Crippen MR) is 98.3 cm³/mol. The number of nitro benzene ring substituents is 1. The molecule has 3 aromatic rings. The summed E-state index contributed by atoms with van der Waals surface area (Å²) in [6.07, 6.45) is -0.112. The number of hydrogen-bond acceptors (Lipinski definition) is 4. The lowest BCUT2D eigenvalue weighted by atomic mass is 10.1. The quantitative estimate of drug-likeness (QED) is 0.506. The van der Waals surface area contributed by atoms with Gasteiger partial charge in [0.1, 0.15) is 17.3 Å². The van der Waals surface area contributed by atoms with Gasteiger partial charge in [-0.25, -0.2) is 4.39 Å². The summed E-state index contributed by atoms with van der Waals surface area (Å²) in [4.78, 5) is 22.7. The predicted octanol–water partition coefficient (Wildman–Crippen LogP) is 4.71. The number of benzene rings is 3. The molecule has 0 radical (unpaired) electrons. The van der Waals surface area contributed by atoms with Gasteiger partial charge in [-0.3, -0.25) is 14.9 Å². The molecule has 6 nitrogen and oxygen atoms in total. The fourth-order valence-corrected chi connectivity index (χ4v) is 2.49. The number of ether oxygens (including phenoxy) is 1. The number of rotatable bonds is 6. The van der Waals surface area contributed by atoms with E-state index in [-0.39, 0.29) is 18.0 Å². The van der Waals surface area contributed by atoms with E-state index in [1.165, 1.54) is 18.2 Å². The molecule has 0 spiro atoms. The van der Waals surface area contributed by atoms with E-state index in [9.17, 15) is 19.3 Å². The molecular weight excluding hydrogens is 351 g/mol. The highest BCUT2D eigenvalue weighted by atomic mass is 19.1. The first-order chi connectivity index (χ1) is 13.0. The summed E-state index contributed by atoms with van der Waals surface area (Å²) in [5, 5.41) is 13.7. The molecule has 0 atom stereocenters. The van der Waals surface area contributed by atoms with E-state index in [1.807, 2.05) is 0 Å². The van der Waals surface area contributed by atoms with Gasteiger partial charge in [-0.05, 0) is 36.4 Å². The normalized spacial score (nSPS) is 10.3. The first-order valence-electron chi connectivity index (χ1n) is 8.07. The zero-order valence-corrected chi connectivity index (χ0v) is 14.1. The van der Waals surface area contributed by atoms with Crippen LogP contribution in [0.4, 0.5) is 15.8 Å². The van der Waals surface area contributed by atoms with E-state index >= 15 is 0 Å². The summed E-state index contributed by atoms with van der Waals surface area (Å²) >= 11 is 0. The molecule has 0 aliphatic carbocycles. The van der Waals surface area contributed by atoms with Crippen molar-refractivity contribution in [2.45, 2.75) is 6.42 Å². The van der Waals surface area contributed by atoms with Crippen molar-refractivity contribution in [2.24, 2.45) is 0 Å². The van der Waals surface area contributed by atoms with E-state index in [0.29, 0.717) is 22.7 Å². The van der Waals surface area contributed by atoms with Crippen molar-refractivity contribution in [3.63, 3.8) is 0 Å². The van der Waals surface area contributed by atoms with Gasteiger partial charge in [-0.2, -0.15) is 0 Å². The van der Waals surface area contributed by atoms with Crippen LogP contribution in [0.2, 0.25) is 0 Å². The summed E-state index contributed by atoms with van der Waals surface area (Å²) < 4.78 is 18.7. The maximum Gasteiger partial charge on any atom is 0.273 e. The van der Waals surface area contributed by atoms with Gasteiger partial charge in [0.05, 0.1) is 11.3 Å². The second-order valence-corrected chi connectivity index (χ2v) is 5.69. The molecule has 7 heteroatoms. The minimum absolute atomic E-state index is 0.0912. The molecule has 0 fully saturated rings. The van der Waals surface area contributed by atoms with E-state index in [1.54, 1.807) is 54.6 Å². The van der Waals surface area contributed by atoms with Crippen LogP contribution in [0.1, 0.15) is 5.56 Å². The van der Waals surface area contributed by atoms with Gasteiger partial charge in [0, 0.05) is 23.4 Å². The monoisotopic (exact) mass is 366 g/mol. The minimum atomic E-state index is -0.513. The smallest absolute Gasteiger partial charge is 0.273 e. The number of carbonyl (C=O) groups is 1. The molecule has 136 valence electrons. The van der Waals surface area contributed by atoms with Crippen LogP contribution in [0.3, 0.4) is 0 Å². The van der Waals surface area contributed by atoms with Gasteiger partial charge in [-0.1, -0.05) is 24.3 Å². The van der Waals surface area contributed by atoms with Crippen LogP contribution >= 0.6 is 0 Å². The van der Waals surface area contributed by atoms with Crippen molar-refractivity contribution in [2.75, 3.05) is 5.32 Å². The number of nitro groups is 1. The SMILES string of the molecule is O=C(Cc1ccccc1[N+](=O)[O-])Nc1ccc(Oc2cccc(F)c2)cc1. The van der Waals surface area contributed by atoms with Crippen LogP contribution in [-0.2, 0) is 11.2 Å². The molecule has 0 aliphatic rings.